The molecule has 8 nitrogen and oxygen atoms in total. The van der Waals surface area contributed by atoms with Crippen LogP contribution in [-0.2, 0) is 0 Å². The molecule has 0 aliphatic carbocycles. The Kier molecular flexibility index (Phi) is 4.60. The van der Waals surface area contributed by atoms with Crippen LogP contribution in [0.25, 0.3) is 0 Å². The number of aromatic nitrogens is 3. The second-order valence-electron chi connectivity index (χ2n) is 3.92. The summed E-state index contributed by atoms with van der Waals surface area (Å²) in [6.45, 7) is 2.39. The van der Waals surface area contributed by atoms with Gasteiger partial charge >= 0.3 is 6.01 Å². The topological polar surface area (TPSA) is 98.4 Å². The zero-order valence-electron chi connectivity index (χ0n) is 12.0. The van der Waals surface area contributed by atoms with Crippen molar-refractivity contribution in [3.63, 3.8) is 0 Å². The van der Waals surface area contributed by atoms with Crippen LogP contribution in [0.1, 0.15) is 17.3 Å². The van der Waals surface area contributed by atoms with Crippen molar-refractivity contribution in [3.8, 4) is 17.5 Å². The van der Waals surface area contributed by atoms with Crippen LogP contribution in [0.5, 0.6) is 17.5 Å². The van der Waals surface area contributed by atoms with Gasteiger partial charge in [0.15, 0.2) is 11.5 Å². The van der Waals surface area contributed by atoms with Crippen molar-refractivity contribution >= 4 is 11.9 Å². The molecule has 0 atom stereocenters. The highest BCUT2D eigenvalue weighted by atomic mass is 16.5. The molecule has 0 bridgehead atoms. The van der Waals surface area contributed by atoms with Crippen molar-refractivity contribution in [1.82, 2.24) is 15.2 Å². The molecule has 2 aromatic rings. The van der Waals surface area contributed by atoms with Gasteiger partial charge in [-0.05, 0) is 25.1 Å². The van der Waals surface area contributed by atoms with Gasteiger partial charge in [0.05, 0.1) is 20.8 Å². The lowest BCUT2D eigenvalue weighted by molar-refractivity contribution is 0.102. The van der Waals surface area contributed by atoms with Gasteiger partial charge in [-0.2, -0.15) is 4.98 Å². The van der Waals surface area contributed by atoms with Gasteiger partial charge in [-0.3, -0.25) is 10.1 Å². The number of methoxy groups -OCH3 is 2. The molecular weight excluding hydrogens is 276 g/mol. The summed E-state index contributed by atoms with van der Waals surface area (Å²) in [5.41, 5.74) is 0.408. The second kappa shape index (κ2) is 6.60. The van der Waals surface area contributed by atoms with Crippen molar-refractivity contribution in [2.45, 2.75) is 6.92 Å². The summed E-state index contributed by atoms with van der Waals surface area (Å²) in [6.07, 6.45) is 0. The second-order valence-corrected chi connectivity index (χ2v) is 3.92. The predicted molar refractivity (Wildman–Crippen MR) is 75.1 cm³/mol. The minimum Gasteiger partial charge on any atom is -0.493 e. The van der Waals surface area contributed by atoms with Crippen molar-refractivity contribution in [2.24, 2.45) is 0 Å². The third kappa shape index (κ3) is 3.41. The molecular formula is C13H16N4O4. The van der Waals surface area contributed by atoms with E-state index in [1.54, 1.807) is 18.2 Å². The summed E-state index contributed by atoms with van der Waals surface area (Å²) < 4.78 is 15.4. The van der Waals surface area contributed by atoms with E-state index in [1.807, 2.05) is 6.92 Å². The maximum absolute atomic E-state index is 12.1. The molecule has 0 radical (unpaired) electrons. The Morgan fingerprint density at radius 2 is 2.10 bits per heavy atom. The molecule has 1 heterocycles. The molecule has 2 N–H and O–H groups in total. The summed E-state index contributed by atoms with van der Waals surface area (Å²) >= 11 is 0. The number of amides is 1. The zero-order valence-corrected chi connectivity index (χ0v) is 12.0. The summed E-state index contributed by atoms with van der Waals surface area (Å²) in [6, 6.07) is 5.05. The van der Waals surface area contributed by atoms with Crippen LogP contribution in [-0.4, -0.2) is 41.9 Å². The lowest BCUT2D eigenvalue weighted by atomic mass is 10.2. The fourth-order valence-corrected chi connectivity index (χ4v) is 1.66. The first kappa shape index (κ1) is 14.6. The normalized spacial score (nSPS) is 10.0. The molecule has 8 heteroatoms. The number of carbonyl (C=O) groups is 1. The minimum atomic E-state index is -0.352. The number of nitrogens with one attached hydrogen (secondary N) is 2. The molecule has 0 saturated heterocycles. The number of anilines is 1. The van der Waals surface area contributed by atoms with E-state index in [9.17, 15) is 4.79 Å². The number of hydrogen-bond donors (Lipinski definition) is 2. The lowest BCUT2D eigenvalue weighted by Crippen LogP contribution is -2.13. The maximum atomic E-state index is 12.1. The largest absolute Gasteiger partial charge is 0.493 e. The molecule has 0 unspecified atom stereocenters. The molecule has 1 aromatic heterocycles. The van der Waals surface area contributed by atoms with Gasteiger partial charge in [0.25, 0.3) is 5.91 Å². The number of ether oxygens (including phenoxy) is 3. The summed E-state index contributed by atoms with van der Waals surface area (Å²) in [4.78, 5) is 16.0. The third-order valence-electron chi connectivity index (χ3n) is 2.61. The van der Waals surface area contributed by atoms with Crippen LogP contribution in [0.15, 0.2) is 18.2 Å². The van der Waals surface area contributed by atoms with Gasteiger partial charge in [-0.15, -0.1) is 5.10 Å². The Labute approximate surface area is 121 Å². The lowest BCUT2D eigenvalue weighted by Gasteiger charge is -2.10. The third-order valence-corrected chi connectivity index (χ3v) is 2.61. The summed E-state index contributed by atoms with van der Waals surface area (Å²) in [5, 5.41) is 8.85. The highest BCUT2D eigenvalue weighted by Crippen LogP contribution is 2.28. The van der Waals surface area contributed by atoms with Gasteiger partial charge in [-0.25, -0.2) is 5.10 Å². The minimum absolute atomic E-state index is 0.148. The summed E-state index contributed by atoms with van der Waals surface area (Å²) in [7, 11) is 2.95. The van der Waals surface area contributed by atoms with E-state index in [2.05, 4.69) is 20.5 Å². The van der Waals surface area contributed by atoms with E-state index in [1.165, 1.54) is 14.2 Å². The van der Waals surface area contributed by atoms with E-state index >= 15 is 0 Å². The van der Waals surface area contributed by atoms with Crippen molar-refractivity contribution < 1.29 is 19.0 Å². The Morgan fingerprint density at radius 1 is 1.29 bits per heavy atom. The van der Waals surface area contributed by atoms with E-state index in [-0.39, 0.29) is 17.9 Å². The molecule has 0 spiro atoms. The first-order chi connectivity index (χ1) is 10.2. The van der Waals surface area contributed by atoms with Crippen LogP contribution in [0, 0.1) is 0 Å². The van der Waals surface area contributed by atoms with Gasteiger partial charge < -0.3 is 14.2 Å². The Morgan fingerprint density at radius 3 is 2.71 bits per heavy atom. The maximum Gasteiger partial charge on any atom is 0.336 e. The average Bonchev–Trinajstić information content (AvgIpc) is 2.95. The fraction of sp³-hybridized carbons (Fsp3) is 0.308. The van der Waals surface area contributed by atoms with Crippen LogP contribution in [0.4, 0.5) is 5.95 Å². The molecule has 112 valence electrons. The first-order valence-electron chi connectivity index (χ1n) is 6.26. The number of hydrogen-bond acceptors (Lipinski definition) is 6. The summed E-state index contributed by atoms with van der Waals surface area (Å²) in [5.74, 6) is 0.914. The molecule has 0 saturated carbocycles. The number of H-pyrrole nitrogens is 1. The van der Waals surface area contributed by atoms with Crippen molar-refractivity contribution in [1.29, 1.82) is 0 Å². The van der Waals surface area contributed by atoms with Gasteiger partial charge in [0, 0.05) is 5.56 Å². The Hall–Kier alpha value is -2.77. The number of benzene rings is 1. The standard InChI is InChI=1S/C13H16N4O4/c1-4-21-9-6-5-8(7-10(9)19-2)11(18)14-12-15-13(20-3)17-16-12/h5-7H,4H2,1-3H3,(H2,14,15,16,17,18). The number of carbonyl (C=O) groups excluding carboxylic acids is 1. The van der Waals surface area contributed by atoms with Gasteiger partial charge in [0.2, 0.25) is 5.95 Å². The Bertz CT molecular complexity index is 626. The van der Waals surface area contributed by atoms with Gasteiger partial charge in [-0.1, -0.05) is 0 Å². The molecule has 1 amide bonds. The smallest absolute Gasteiger partial charge is 0.336 e. The highest BCUT2D eigenvalue weighted by molar-refractivity contribution is 6.03. The molecule has 21 heavy (non-hydrogen) atoms. The van der Waals surface area contributed by atoms with E-state index < -0.39 is 0 Å². The fourth-order valence-electron chi connectivity index (χ4n) is 1.66. The number of aromatic amines is 1. The highest BCUT2D eigenvalue weighted by Gasteiger charge is 2.13. The van der Waals surface area contributed by atoms with Crippen LogP contribution < -0.4 is 19.5 Å². The van der Waals surface area contributed by atoms with Crippen molar-refractivity contribution in [3.05, 3.63) is 23.8 Å². The van der Waals surface area contributed by atoms with E-state index in [0.29, 0.717) is 23.7 Å². The molecule has 0 aliphatic rings. The number of rotatable bonds is 6. The number of nitrogens with zero attached hydrogens (tertiary/aromatic N) is 2. The molecule has 0 fully saturated rings. The SMILES string of the molecule is CCOc1ccc(C(=O)Nc2nc(OC)n[nH]2)cc1OC. The van der Waals surface area contributed by atoms with Crippen LogP contribution in [0.2, 0.25) is 0 Å². The van der Waals surface area contributed by atoms with Crippen LogP contribution >= 0.6 is 0 Å². The first-order valence-corrected chi connectivity index (χ1v) is 6.26. The molecule has 2 rings (SSSR count). The predicted octanol–water partition coefficient (Wildman–Crippen LogP) is 1.47. The van der Waals surface area contributed by atoms with E-state index in [0.717, 1.165) is 0 Å². The monoisotopic (exact) mass is 292 g/mol. The quantitative estimate of drug-likeness (QED) is 0.836. The van der Waals surface area contributed by atoms with Crippen molar-refractivity contribution in [2.75, 3.05) is 26.1 Å². The Balaban J connectivity index is 2.15. The molecule has 1 aromatic carbocycles. The van der Waals surface area contributed by atoms with E-state index in [4.69, 9.17) is 14.2 Å². The van der Waals surface area contributed by atoms with Gasteiger partial charge in [0.1, 0.15) is 0 Å². The van der Waals surface area contributed by atoms with Crippen LogP contribution in [0.3, 0.4) is 0 Å². The average molecular weight is 292 g/mol. The zero-order chi connectivity index (χ0) is 15.2. The molecule has 0 aliphatic heterocycles.